The third-order valence-corrected chi connectivity index (χ3v) is 2.09. The summed E-state index contributed by atoms with van der Waals surface area (Å²) in [4.78, 5) is 4.43. The lowest BCUT2D eigenvalue weighted by Crippen LogP contribution is -1.87. The second-order valence-electron chi connectivity index (χ2n) is 3.29. The van der Waals surface area contributed by atoms with E-state index in [0.717, 1.165) is 22.6 Å². The summed E-state index contributed by atoms with van der Waals surface area (Å²) in [7, 11) is 0. The Kier molecular flexibility index (Phi) is 4.52. The number of rotatable bonds is 1. The van der Waals surface area contributed by atoms with Crippen LogP contribution in [0.2, 0.25) is 0 Å². The van der Waals surface area contributed by atoms with Gasteiger partial charge in [-0.15, -0.1) is 0 Å². The van der Waals surface area contributed by atoms with Crippen molar-refractivity contribution < 1.29 is 0 Å². The lowest BCUT2D eigenvalue weighted by molar-refractivity contribution is 1.21. The third-order valence-electron chi connectivity index (χ3n) is 2.09. The summed E-state index contributed by atoms with van der Waals surface area (Å²) in [5.74, 6) is 0. The fourth-order valence-electron chi connectivity index (χ4n) is 1.36. The van der Waals surface area contributed by atoms with Gasteiger partial charge in [-0.25, -0.2) is 0 Å². The number of pyridine rings is 1. The molecule has 0 radical (unpaired) electrons. The highest BCUT2D eigenvalue weighted by molar-refractivity contribution is 5.61. The molecule has 0 bridgehead atoms. The molecule has 0 saturated carbocycles. The summed E-state index contributed by atoms with van der Waals surface area (Å²) in [6.45, 7) is 5.99. The first kappa shape index (κ1) is 12.2. The molecule has 2 N–H and O–H groups in total. The maximum Gasteiger partial charge on any atom is 0.0705 e. The molecular weight excluding hydrogens is 196 g/mol. The predicted octanol–water partition coefficient (Wildman–Crippen LogP) is 3.67. The molecule has 84 valence electrons. The zero-order valence-corrected chi connectivity index (χ0v) is 10.1. The van der Waals surface area contributed by atoms with Crippen molar-refractivity contribution in [2.75, 3.05) is 5.73 Å². The van der Waals surface area contributed by atoms with E-state index >= 15 is 0 Å². The molecule has 0 spiro atoms. The highest BCUT2D eigenvalue weighted by Crippen LogP contribution is 2.18. The van der Waals surface area contributed by atoms with Gasteiger partial charge in [0.2, 0.25) is 0 Å². The molecule has 0 aliphatic rings. The van der Waals surface area contributed by atoms with Crippen molar-refractivity contribution in [1.82, 2.24) is 4.98 Å². The molecular formula is C14H18N2. The van der Waals surface area contributed by atoms with Gasteiger partial charge in [-0.1, -0.05) is 32.0 Å². The Morgan fingerprint density at radius 3 is 2.12 bits per heavy atom. The minimum Gasteiger partial charge on any atom is -0.399 e. The molecule has 2 aromatic rings. The molecule has 2 rings (SSSR count). The number of aromatic nitrogens is 1. The number of nitrogen functional groups attached to an aromatic ring is 1. The second-order valence-corrected chi connectivity index (χ2v) is 3.29. The quantitative estimate of drug-likeness (QED) is 0.736. The molecule has 0 fully saturated rings. The van der Waals surface area contributed by atoms with E-state index in [0.29, 0.717) is 0 Å². The van der Waals surface area contributed by atoms with Crippen LogP contribution < -0.4 is 5.73 Å². The molecule has 2 heteroatoms. The number of nitrogens with two attached hydrogens (primary N) is 1. The average molecular weight is 214 g/mol. The minimum absolute atomic E-state index is 0.779. The van der Waals surface area contributed by atoms with Crippen LogP contribution in [0.25, 0.3) is 11.3 Å². The maximum absolute atomic E-state index is 5.61. The summed E-state index contributed by atoms with van der Waals surface area (Å²) in [6.07, 6.45) is 0. The van der Waals surface area contributed by atoms with Crippen LogP contribution in [-0.2, 0) is 0 Å². The number of anilines is 1. The maximum atomic E-state index is 5.61. The first-order chi connectivity index (χ1) is 7.75. The van der Waals surface area contributed by atoms with Crippen LogP contribution in [0.4, 0.5) is 5.69 Å². The molecule has 16 heavy (non-hydrogen) atoms. The van der Waals surface area contributed by atoms with E-state index in [1.54, 1.807) is 0 Å². The molecule has 1 aromatic heterocycles. The number of benzene rings is 1. The summed E-state index contributed by atoms with van der Waals surface area (Å²) in [6, 6.07) is 13.7. The van der Waals surface area contributed by atoms with E-state index in [9.17, 15) is 0 Å². The van der Waals surface area contributed by atoms with Gasteiger partial charge in [0.05, 0.1) is 5.69 Å². The molecule has 0 amide bonds. The van der Waals surface area contributed by atoms with E-state index < -0.39 is 0 Å². The lowest BCUT2D eigenvalue weighted by Gasteiger charge is -2.01. The molecule has 0 aliphatic carbocycles. The van der Waals surface area contributed by atoms with Crippen LogP contribution in [0, 0.1) is 6.92 Å². The van der Waals surface area contributed by atoms with E-state index in [-0.39, 0.29) is 0 Å². The Morgan fingerprint density at radius 2 is 1.56 bits per heavy atom. The van der Waals surface area contributed by atoms with E-state index in [4.69, 9.17) is 5.73 Å². The average Bonchev–Trinajstić information content (AvgIpc) is 2.32. The van der Waals surface area contributed by atoms with Gasteiger partial charge in [-0.05, 0) is 31.2 Å². The Balaban J connectivity index is 0.000000606. The van der Waals surface area contributed by atoms with Crippen molar-refractivity contribution in [2.45, 2.75) is 20.8 Å². The first-order valence-electron chi connectivity index (χ1n) is 5.55. The fourth-order valence-corrected chi connectivity index (χ4v) is 1.36. The highest BCUT2D eigenvalue weighted by Gasteiger charge is 1.97. The Labute approximate surface area is 97.1 Å². The molecule has 0 unspecified atom stereocenters. The van der Waals surface area contributed by atoms with Crippen molar-refractivity contribution >= 4 is 5.69 Å². The molecule has 0 aliphatic heterocycles. The fraction of sp³-hybridized carbons (Fsp3) is 0.214. The normalized spacial score (nSPS) is 9.19. The van der Waals surface area contributed by atoms with Crippen molar-refractivity contribution in [3.05, 3.63) is 48.2 Å². The molecule has 1 heterocycles. The van der Waals surface area contributed by atoms with E-state index in [1.807, 2.05) is 63.2 Å². The zero-order valence-electron chi connectivity index (χ0n) is 10.1. The topological polar surface area (TPSA) is 38.9 Å². The summed E-state index contributed by atoms with van der Waals surface area (Å²) in [5.41, 5.74) is 9.51. The largest absolute Gasteiger partial charge is 0.399 e. The van der Waals surface area contributed by atoms with Crippen molar-refractivity contribution in [3.63, 3.8) is 0 Å². The van der Waals surface area contributed by atoms with Crippen molar-refractivity contribution in [2.24, 2.45) is 0 Å². The summed E-state index contributed by atoms with van der Waals surface area (Å²) >= 11 is 0. The molecule has 2 nitrogen and oxygen atoms in total. The smallest absolute Gasteiger partial charge is 0.0705 e. The van der Waals surface area contributed by atoms with Crippen LogP contribution in [0.15, 0.2) is 42.5 Å². The standard InChI is InChI=1S/C12H12N2.C2H6/c1-9-3-2-4-12(14-9)10-5-7-11(13)8-6-10;1-2/h2-8H,13H2,1H3;1-2H3. The third kappa shape index (κ3) is 3.09. The van der Waals surface area contributed by atoms with E-state index in [2.05, 4.69) is 4.98 Å². The zero-order chi connectivity index (χ0) is 12.0. The van der Waals surface area contributed by atoms with Gasteiger partial charge in [-0.3, -0.25) is 4.98 Å². The Bertz CT molecular complexity index is 433. The monoisotopic (exact) mass is 214 g/mol. The highest BCUT2D eigenvalue weighted by atomic mass is 14.7. The Hall–Kier alpha value is -1.83. The second kappa shape index (κ2) is 5.91. The van der Waals surface area contributed by atoms with Gasteiger partial charge in [0, 0.05) is 16.9 Å². The molecule has 1 aromatic carbocycles. The predicted molar refractivity (Wildman–Crippen MR) is 70.2 cm³/mol. The van der Waals surface area contributed by atoms with Gasteiger partial charge < -0.3 is 5.73 Å². The minimum atomic E-state index is 0.779. The van der Waals surface area contributed by atoms with Crippen LogP contribution in [-0.4, -0.2) is 4.98 Å². The SMILES string of the molecule is CC.Cc1cccc(-c2ccc(N)cc2)n1. The van der Waals surface area contributed by atoms with Crippen LogP contribution >= 0.6 is 0 Å². The summed E-state index contributed by atoms with van der Waals surface area (Å²) in [5, 5.41) is 0. The van der Waals surface area contributed by atoms with Gasteiger partial charge in [0.15, 0.2) is 0 Å². The van der Waals surface area contributed by atoms with Crippen LogP contribution in [0.5, 0.6) is 0 Å². The van der Waals surface area contributed by atoms with Gasteiger partial charge in [-0.2, -0.15) is 0 Å². The number of aryl methyl sites for hydroxylation is 1. The van der Waals surface area contributed by atoms with Crippen molar-refractivity contribution in [1.29, 1.82) is 0 Å². The van der Waals surface area contributed by atoms with Crippen LogP contribution in [0.1, 0.15) is 19.5 Å². The van der Waals surface area contributed by atoms with Gasteiger partial charge in [0.25, 0.3) is 0 Å². The Morgan fingerprint density at radius 1 is 0.938 bits per heavy atom. The van der Waals surface area contributed by atoms with Gasteiger partial charge in [0.1, 0.15) is 0 Å². The van der Waals surface area contributed by atoms with Crippen molar-refractivity contribution in [3.8, 4) is 11.3 Å². The number of hydrogen-bond acceptors (Lipinski definition) is 2. The summed E-state index contributed by atoms with van der Waals surface area (Å²) < 4.78 is 0. The van der Waals surface area contributed by atoms with Gasteiger partial charge >= 0.3 is 0 Å². The first-order valence-corrected chi connectivity index (χ1v) is 5.55. The van der Waals surface area contributed by atoms with Crippen LogP contribution in [0.3, 0.4) is 0 Å². The molecule has 0 saturated heterocycles. The molecule has 0 atom stereocenters. The number of nitrogens with zero attached hydrogens (tertiary/aromatic N) is 1. The number of hydrogen-bond donors (Lipinski definition) is 1. The lowest BCUT2D eigenvalue weighted by atomic mass is 10.1. The van der Waals surface area contributed by atoms with E-state index in [1.165, 1.54) is 0 Å².